The van der Waals surface area contributed by atoms with E-state index in [1.807, 2.05) is 0 Å². The van der Waals surface area contributed by atoms with Gasteiger partial charge in [-0.05, 0) is 6.42 Å². The minimum Gasteiger partial charge on any atom is -0.480 e. The molecule has 18 heavy (non-hydrogen) atoms. The fourth-order valence-corrected chi connectivity index (χ4v) is 1.14. The highest BCUT2D eigenvalue weighted by Crippen LogP contribution is 2.25. The van der Waals surface area contributed by atoms with Crippen LogP contribution < -0.4 is 0 Å². The number of epoxide rings is 1. The van der Waals surface area contributed by atoms with Gasteiger partial charge in [-0.3, -0.25) is 14.4 Å². The lowest BCUT2D eigenvalue weighted by molar-refractivity contribution is -0.176. The number of carbonyl (C=O) groups is 3. The molecular formula is C10H16O8. The van der Waals surface area contributed by atoms with E-state index < -0.39 is 29.7 Å². The normalized spacial score (nSPS) is 17.3. The molecule has 0 spiro atoms. The van der Waals surface area contributed by atoms with Crippen molar-refractivity contribution in [3.05, 3.63) is 0 Å². The van der Waals surface area contributed by atoms with E-state index in [0.717, 1.165) is 6.61 Å². The van der Waals surface area contributed by atoms with Crippen molar-refractivity contribution in [2.75, 3.05) is 13.2 Å². The monoisotopic (exact) mass is 264 g/mol. The summed E-state index contributed by atoms with van der Waals surface area (Å²) in [4.78, 5) is 31.6. The number of aliphatic carboxylic acids is 3. The molecule has 1 fully saturated rings. The van der Waals surface area contributed by atoms with Gasteiger partial charge < -0.3 is 25.2 Å². The maximum atomic E-state index is 10.5. The molecule has 8 heteroatoms. The van der Waals surface area contributed by atoms with Crippen LogP contribution in [0.1, 0.15) is 19.8 Å². The van der Waals surface area contributed by atoms with E-state index in [2.05, 4.69) is 4.74 Å². The predicted molar refractivity (Wildman–Crippen MR) is 57.1 cm³/mol. The first kappa shape index (κ1) is 16.3. The van der Waals surface area contributed by atoms with E-state index in [1.165, 1.54) is 6.92 Å². The Hall–Kier alpha value is -1.67. The van der Waals surface area contributed by atoms with Gasteiger partial charge in [-0.25, -0.2) is 0 Å². The lowest BCUT2D eigenvalue weighted by Crippen LogP contribution is -2.46. The fraction of sp³-hybridized carbons (Fsp3) is 0.700. The zero-order valence-corrected chi connectivity index (χ0v) is 9.83. The number of ether oxygens (including phenoxy) is 1. The minimum atomic E-state index is -2.70. The number of rotatable bonds is 6. The first-order valence-electron chi connectivity index (χ1n) is 5.25. The highest BCUT2D eigenvalue weighted by atomic mass is 16.6. The van der Waals surface area contributed by atoms with Crippen LogP contribution in [0.25, 0.3) is 0 Å². The van der Waals surface area contributed by atoms with Crippen LogP contribution in [-0.2, 0) is 19.1 Å². The maximum absolute atomic E-state index is 10.5. The van der Waals surface area contributed by atoms with Gasteiger partial charge in [0.2, 0.25) is 0 Å². The van der Waals surface area contributed by atoms with Crippen molar-refractivity contribution < 1.29 is 39.5 Å². The van der Waals surface area contributed by atoms with Gasteiger partial charge in [0.05, 0.1) is 13.2 Å². The quantitative estimate of drug-likeness (QED) is 0.367. The van der Waals surface area contributed by atoms with E-state index in [1.54, 1.807) is 0 Å². The summed E-state index contributed by atoms with van der Waals surface area (Å²) in [6.07, 6.45) is -0.0623. The largest absolute Gasteiger partial charge is 0.480 e. The van der Waals surface area contributed by atoms with Gasteiger partial charge in [0.15, 0.2) is 0 Å². The molecule has 1 aliphatic rings. The summed E-state index contributed by atoms with van der Waals surface area (Å²) in [5.41, 5.74) is -2.70. The minimum absolute atomic E-state index is 0.172. The zero-order valence-electron chi connectivity index (χ0n) is 9.83. The van der Waals surface area contributed by atoms with Crippen LogP contribution in [0.4, 0.5) is 0 Å². The fourth-order valence-electron chi connectivity index (χ4n) is 1.14. The Morgan fingerprint density at radius 1 is 1.17 bits per heavy atom. The summed E-state index contributed by atoms with van der Waals surface area (Å²) in [5.74, 6) is -5.52. The molecule has 1 aliphatic heterocycles. The number of hydrogen-bond acceptors (Lipinski definition) is 5. The van der Waals surface area contributed by atoms with Gasteiger partial charge in [0, 0.05) is 0 Å². The average Bonchev–Trinajstić information content (AvgIpc) is 3.08. The van der Waals surface area contributed by atoms with Gasteiger partial charge in [-0.2, -0.15) is 0 Å². The van der Waals surface area contributed by atoms with Crippen molar-refractivity contribution >= 4 is 17.9 Å². The van der Waals surface area contributed by atoms with Crippen LogP contribution >= 0.6 is 0 Å². The summed E-state index contributed by atoms with van der Waals surface area (Å²) < 4.78 is 4.61. The Morgan fingerprint density at radius 3 is 1.61 bits per heavy atom. The smallest absolute Gasteiger partial charge is 0.332 e. The standard InChI is InChI=1S/C7H10O6.C3H6O2/c1-2-3-7(4(8)9,5(10)11)6(12)13;4-1-3-2-5-3/h2-3H2,1H3,(H,8,9)(H,10,11)(H,12,13);3-4H,1-2H2. The molecule has 0 aromatic heterocycles. The van der Waals surface area contributed by atoms with E-state index in [4.69, 9.17) is 20.4 Å². The van der Waals surface area contributed by atoms with Crippen molar-refractivity contribution in [2.45, 2.75) is 25.9 Å². The summed E-state index contributed by atoms with van der Waals surface area (Å²) in [5, 5.41) is 33.7. The van der Waals surface area contributed by atoms with Crippen LogP contribution in [0.2, 0.25) is 0 Å². The molecule has 0 amide bonds. The van der Waals surface area contributed by atoms with Gasteiger partial charge in [0.25, 0.3) is 5.41 Å². The lowest BCUT2D eigenvalue weighted by Gasteiger charge is -2.18. The van der Waals surface area contributed by atoms with Gasteiger partial charge >= 0.3 is 17.9 Å². The molecule has 4 N–H and O–H groups in total. The third-order valence-electron chi connectivity index (χ3n) is 2.33. The maximum Gasteiger partial charge on any atom is 0.332 e. The van der Waals surface area contributed by atoms with Gasteiger partial charge in [0.1, 0.15) is 6.10 Å². The lowest BCUT2D eigenvalue weighted by atomic mass is 9.83. The molecule has 0 saturated carbocycles. The second kappa shape index (κ2) is 6.92. The Kier molecular flexibility index (Phi) is 6.28. The van der Waals surface area contributed by atoms with Crippen molar-refractivity contribution in [3.63, 3.8) is 0 Å². The van der Waals surface area contributed by atoms with Crippen molar-refractivity contribution in [1.29, 1.82) is 0 Å². The summed E-state index contributed by atoms with van der Waals surface area (Å²) in [7, 11) is 0. The van der Waals surface area contributed by atoms with Crippen LogP contribution in [0.3, 0.4) is 0 Å². The van der Waals surface area contributed by atoms with Crippen LogP contribution in [0, 0.1) is 5.41 Å². The molecule has 0 aromatic rings. The van der Waals surface area contributed by atoms with E-state index in [9.17, 15) is 14.4 Å². The number of aliphatic hydroxyl groups is 1. The molecule has 1 unspecified atom stereocenters. The van der Waals surface area contributed by atoms with Crippen molar-refractivity contribution in [2.24, 2.45) is 5.41 Å². The molecule has 0 aliphatic carbocycles. The number of hydrogen-bond donors (Lipinski definition) is 4. The molecule has 1 atom stereocenters. The summed E-state index contributed by atoms with van der Waals surface area (Å²) >= 11 is 0. The van der Waals surface area contributed by atoms with Gasteiger partial charge in [-0.15, -0.1) is 0 Å². The van der Waals surface area contributed by atoms with Gasteiger partial charge in [-0.1, -0.05) is 13.3 Å². The van der Waals surface area contributed by atoms with E-state index in [-0.39, 0.29) is 19.1 Å². The molecule has 1 saturated heterocycles. The highest BCUT2D eigenvalue weighted by molar-refractivity contribution is 6.16. The molecule has 1 heterocycles. The van der Waals surface area contributed by atoms with E-state index in [0.29, 0.717) is 0 Å². The SMILES string of the molecule is CCCC(C(=O)O)(C(=O)O)C(=O)O.OCC1CO1. The van der Waals surface area contributed by atoms with Crippen LogP contribution in [0.15, 0.2) is 0 Å². The van der Waals surface area contributed by atoms with Crippen molar-refractivity contribution in [3.8, 4) is 0 Å². The van der Waals surface area contributed by atoms with Crippen LogP contribution in [-0.4, -0.2) is 57.7 Å². The molecule has 104 valence electrons. The first-order valence-corrected chi connectivity index (χ1v) is 5.25. The zero-order chi connectivity index (χ0) is 14.3. The molecule has 0 aromatic carbocycles. The summed E-state index contributed by atoms with van der Waals surface area (Å²) in [6.45, 7) is 2.47. The van der Waals surface area contributed by atoms with Crippen molar-refractivity contribution in [1.82, 2.24) is 0 Å². The number of carboxylic acids is 3. The Labute approximate surface area is 103 Å². The van der Waals surface area contributed by atoms with E-state index >= 15 is 0 Å². The Balaban J connectivity index is 0.000000473. The topological polar surface area (TPSA) is 145 Å². The number of carboxylic acid groups (broad SMARTS) is 3. The average molecular weight is 264 g/mol. The third-order valence-corrected chi connectivity index (χ3v) is 2.33. The highest BCUT2D eigenvalue weighted by Gasteiger charge is 2.53. The predicted octanol–water partition coefficient (Wildman–Crippen LogP) is -0.596. The Morgan fingerprint density at radius 2 is 1.56 bits per heavy atom. The second-order valence-corrected chi connectivity index (χ2v) is 3.71. The molecule has 0 radical (unpaired) electrons. The van der Waals surface area contributed by atoms with Crippen LogP contribution in [0.5, 0.6) is 0 Å². The molecule has 1 rings (SSSR count). The molecule has 8 nitrogen and oxygen atoms in total. The number of aliphatic hydroxyl groups excluding tert-OH is 1. The second-order valence-electron chi connectivity index (χ2n) is 3.71. The molecular weight excluding hydrogens is 248 g/mol. The first-order chi connectivity index (χ1) is 8.32. The Bertz CT molecular complexity index is 284. The molecule has 0 bridgehead atoms. The third kappa shape index (κ3) is 3.97. The summed E-state index contributed by atoms with van der Waals surface area (Å²) in [6, 6.07) is 0.